The van der Waals surface area contributed by atoms with E-state index in [1.807, 2.05) is 0 Å². The van der Waals surface area contributed by atoms with E-state index in [-0.39, 0.29) is 13.4 Å². The van der Waals surface area contributed by atoms with Gasteiger partial charge in [0.2, 0.25) is 0 Å². The molecule has 4 nitrogen and oxygen atoms in total. The Labute approximate surface area is 637 Å². The Kier molecular flexibility index (Phi) is 15.8. The first kappa shape index (κ1) is 66.3. The van der Waals surface area contributed by atoms with Crippen LogP contribution in [0.4, 0.5) is 68.2 Å². The summed E-state index contributed by atoms with van der Waals surface area (Å²) in [5.74, 6) is 0. The number of hydrogen-bond acceptors (Lipinski definition) is 4. The molecule has 0 bridgehead atoms. The van der Waals surface area contributed by atoms with Gasteiger partial charge in [0.25, 0.3) is 13.4 Å². The molecule has 0 aromatic heterocycles. The topological polar surface area (TPSA) is 13.0 Å². The minimum atomic E-state index is -0.236. The maximum absolute atomic E-state index is 2.71. The lowest BCUT2D eigenvalue weighted by Gasteiger charge is -2.47. The number of para-hydroxylation sites is 2. The average Bonchev–Trinajstić information content (AvgIpc) is 0.695. The van der Waals surface area contributed by atoms with Crippen LogP contribution in [0.5, 0.6) is 0 Å². The molecular formula is C102H84B2N4. The van der Waals surface area contributed by atoms with Crippen LogP contribution in [-0.2, 0) is 0 Å². The van der Waals surface area contributed by atoms with Crippen molar-refractivity contribution >= 4 is 114 Å². The first-order valence-electron chi connectivity index (χ1n) is 38.3. The quantitative estimate of drug-likeness (QED) is 0.127. The minimum Gasteiger partial charge on any atom is -0.311 e. The predicted molar refractivity (Wildman–Crippen MR) is 464 cm³/mol. The summed E-state index contributed by atoms with van der Waals surface area (Å²) in [6, 6.07) is 112. The second kappa shape index (κ2) is 25.7. The van der Waals surface area contributed by atoms with Crippen LogP contribution in [0.25, 0.3) is 66.8 Å². The Morgan fingerprint density at radius 1 is 0.167 bits per heavy atom. The van der Waals surface area contributed by atoms with Crippen molar-refractivity contribution in [3.05, 3.63) is 358 Å². The monoisotopic (exact) mass is 1390 g/mol. The largest absolute Gasteiger partial charge is 0.311 e. The number of nitrogens with zero attached hydrogens (tertiary/aromatic N) is 4. The maximum Gasteiger partial charge on any atom is 0.252 e. The predicted octanol–water partition coefficient (Wildman–Crippen LogP) is 23.6. The third-order valence-corrected chi connectivity index (χ3v) is 24.2. The molecule has 4 aliphatic rings. The fourth-order valence-corrected chi connectivity index (χ4v) is 19.5. The van der Waals surface area contributed by atoms with E-state index in [4.69, 9.17) is 0 Å². The summed E-state index contributed by atoms with van der Waals surface area (Å²) in [5, 5.41) is 0. The van der Waals surface area contributed by atoms with Crippen molar-refractivity contribution in [3.63, 3.8) is 0 Å². The second-order valence-electron chi connectivity index (χ2n) is 30.9. The van der Waals surface area contributed by atoms with E-state index in [2.05, 4.69) is 394 Å². The standard InChI is InChI=1S/C102H84B2N4/c1-61-25-19-26-62(2)95(61)73-41-47-81(48-42-73)105-87-51-45-75(97-65(5)29-21-30-66(97)6)53-83(87)103-85-59-86-90(60-89(85)107(79-37-15-13-16-38-79)93-57-77(55-91(105)101(93)103)99-69(9)33-23-34-70(99)10)108(80-39-17-14-18-40-80)94-58-78(100-71(11)35-24-36-72(100)12)56-92-102(94)104(86)84-54-76(98-67(7)31-22-32-68(98)8)46-52-88(84)106(92)82-49-43-74(44-50-82)96-63(3)27-20-28-64(96)4/h13-60H,1-12H3. The number of aryl methyl sites for hydroxylation is 12. The van der Waals surface area contributed by atoms with E-state index in [1.165, 1.54) is 189 Å². The zero-order valence-electron chi connectivity index (χ0n) is 63.7. The first-order chi connectivity index (χ1) is 52.6. The van der Waals surface area contributed by atoms with Gasteiger partial charge >= 0.3 is 0 Å². The molecule has 19 rings (SSSR count). The van der Waals surface area contributed by atoms with Crippen molar-refractivity contribution in [2.75, 3.05) is 19.6 Å². The highest BCUT2D eigenvalue weighted by molar-refractivity contribution is 7.03. The van der Waals surface area contributed by atoms with Crippen molar-refractivity contribution in [3.8, 4) is 66.8 Å². The van der Waals surface area contributed by atoms with Gasteiger partial charge in [-0.1, -0.05) is 200 Å². The third kappa shape index (κ3) is 10.4. The van der Waals surface area contributed by atoms with Crippen molar-refractivity contribution in [1.29, 1.82) is 0 Å². The number of benzene rings is 15. The Morgan fingerprint density at radius 2 is 0.398 bits per heavy atom. The number of rotatable bonds is 10. The molecule has 0 saturated carbocycles. The number of anilines is 12. The van der Waals surface area contributed by atoms with Gasteiger partial charge in [-0.15, -0.1) is 0 Å². The second-order valence-corrected chi connectivity index (χ2v) is 30.9. The first-order valence-corrected chi connectivity index (χ1v) is 38.3. The van der Waals surface area contributed by atoms with Gasteiger partial charge in [-0.3, -0.25) is 0 Å². The highest BCUT2D eigenvalue weighted by Gasteiger charge is 2.49. The summed E-state index contributed by atoms with van der Waals surface area (Å²) in [4.78, 5) is 10.5. The van der Waals surface area contributed by atoms with Gasteiger partial charge in [0.1, 0.15) is 0 Å². The zero-order valence-corrected chi connectivity index (χ0v) is 63.7. The Bertz CT molecular complexity index is 5730. The Hall–Kier alpha value is -12.4. The molecule has 0 atom stereocenters. The van der Waals surface area contributed by atoms with Crippen LogP contribution in [0.1, 0.15) is 66.8 Å². The number of fused-ring (bicyclic) bond motifs is 8. The molecule has 108 heavy (non-hydrogen) atoms. The van der Waals surface area contributed by atoms with Crippen molar-refractivity contribution in [2.24, 2.45) is 0 Å². The molecule has 0 fully saturated rings. The molecule has 0 saturated heterocycles. The van der Waals surface area contributed by atoms with Crippen LogP contribution in [0.3, 0.4) is 0 Å². The van der Waals surface area contributed by atoms with E-state index in [0.29, 0.717) is 0 Å². The van der Waals surface area contributed by atoms with Crippen LogP contribution >= 0.6 is 0 Å². The van der Waals surface area contributed by atoms with E-state index in [1.54, 1.807) is 0 Å². The molecule has 0 radical (unpaired) electrons. The SMILES string of the molecule is Cc1cccc(C)c1-c1ccc(N2c3ccc(-c4c(C)cccc4C)cc3B3c4cc5c(cc4N(c4ccccc4)c4cc(-c6c(C)cccc6C)cc2c43)N(c2ccccc2)c2cc(-c3c(C)cccc3C)cc3c2B5c2cc(-c4c(C)cccc4C)ccc2N3c2ccc(-c3c(C)cccc3C)cc2)cc1. The fraction of sp³-hybridized carbons (Fsp3) is 0.118. The van der Waals surface area contributed by atoms with Crippen LogP contribution in [-0.4, -0.2) is 13.4 Å². The van der Waals surface area contributed by atoms with Gasteiger partial charge in [-0.2, -0.15) is 0 Å². The molecule has 0 unspecified atom stereocenters. The molecule has 4 aliphatic heterocycles. The lowest BCUT2D eigenvalue weighted by atomic mass is 9.30. The van der Waals surface area contributed by atoms with Gasteiger partial charge < -0.3 is 19.6 Å². The van der Waals surface area contributed by atoms with Crippen LogP contribution in [0, 0.1) is 83.1 Å². The van der Waals surface area contributed by atoms with E-state index in [0.717, 1.165) is 45.5 Å². The van der Waals surface area contributed by atoms with Crippen LogP contribution in [0.2, 0.25) is 0 Å². The van der Waals surface area contributed by atoms with Gasteiger partial charge in [-0.25, -0.2) is 0 Å². The average molecular weight is 1390 g/mol. The summed E-state index contributed by atoms with van der Waals surface area (Å²) in [6.45, 7) is 26.7. The van der Waals surface area contributed by atoms with Gasteiger partial charge in [0.05, 0.1) is 0 Å². The van der Waals surface area contributed by atoms with Crippen molar-refractivity contribution in [2.45, 2.75) is 83.1 Å². The molecule has 6 heteroatoms. The highest BCUT2D eigenvalue weighted by Crippen LogP contribution is 2.53. The van der Waals surface area contributed by atoms with Gasteiger partial charge in [-0.05, 0) is 340 Å². The zero-order chi connectivity index (χ0) is 73.7. The summed E-state index contributed by atoms with van der Waals surface area (Å²) < 4.78 is 0. The summed E-state index contributed by atoms with van der Waals surface area (Å²) in [5.41, 5.74) is 51.3. The molecule has 0 N–H and O–H groups in total. The molecule has 15 aromatic rings. The van der Waals surface area contributed by atoms with E-state index in [9.17, 15) is 0 Å². The summed E-state index contributed by atoms with van der Waals surface area (Å²) in [6.07, 6.45) is 0. The number of hydrogen-bond donors (Lipinski definition) is 0. The molecule has 0 aliphatic carbocycles. The Morgan fingerprint density at radius 3 is 0.685 bits per heavy atom. The van der Waals surface area contributed by atoms with Crippen LogP contribution in [0.15, 0.2) is 291 Å². The maximum atomic E-state index is 2.71. The lowest BCUT2D eigenvalue weighted by Crippen LogP contribution is -2.65. The highest BCUT2D eigenvalue weighted by atomic mass is 15.2. The van der Waals surface area contributed by atoms with Crippen molar-refractivity contribution < 1.29 is 0 Å². The van der Waals surface area contributed by atoms with Gasteiger partial charge in [0.15, 0.2) is 0 Å². The van der Waals surface area contributed by atoms with Gasteiger partial charge in [0, 0.05) is 68.2 Å². The molecule has 0 amide bonds. The van der Waals surface area contributed by atoms with Crippen molar-refractivity contribution in [1.82, 2.24) is 0 Å². The normalized spacial score (nSPS) is 12.9. The summed E-state index contributed by atoms with van der Waals surface area (Å²) in [7, 11) is 0. The third-order valence-electron chi connectivity index (χ3n) is 24.2. The minimum absolute atomic E-state index is 0.236. The van der Waals surface area contributed by atoms with E-state index < -0.39 is 0 Å². The molecular weight excluding hydrogens is 1300 g/mol. The molecule has 15 aromatic carbocycles. The fourth-order valence-electron chi connectivity index (χ4n) is 19.5. The lowest BCUT2D eigenvalue weighted by molar-refractivity contribution is 1.23. The smallest absolute Gasteiger partial charge is 0.252 e. The molecule has 4 heterocycles. The summed E-state index contributed by atoms with van der Waals surface area (Å²) >= 11 is 0. The molecule has 518 valence electrons. The molecule has 0 spiro atoms. The van der Waals surface area contributed by atoms with Crippen LogP contribution < -0.4 is 52.4 Å². The Balaban J connectivity index is 0.949. The van der Waals surface area contributed by atoms with E-state index >= 15 is 0 Å².